The van der Waals surface area contributed by atoms with Gasteiger partial charge in [0.15, 0.2) is 0 Å². The molecule has 0 aromatic heterocycles. The van der Waals surface area contributed by atoms with Gasteiger partial charge >= 0.3 is 6.03 Å². The number of halogens is 3. The number of anilines is 1. The van der Waals surface area contributed by atoms with E-state index in [1.165, 1.54) is 24.3 Å². The number of rotatable bonds is 6. The number of carbonyl (C=O) groups is 3. The summed E-state index contributed by atoms with van der Waals surface area (Å²) in [5.74, 6) is -1.16. The number of hydrogen-bond acceptors (Lipinski definition) is 6. The van der Waals surface area contributed by atoms with Crippen molar-refractivity contribution in [3.05, 3.63) is 101 Å². The molecule has 1 heterocycles. The van der Waals surface area contributed by atoms with Crippen molar-refractivity contribution in [2.75, 3.05) is 4.90 Å². The molecule has 1 N–H and O–H groups in total. The third-order valence-corrected chi connectivity index (χ3v) is 6.79. The van der Waals surface area contributed by atoms with Crippen molar-refractivity contribution in [3.8, 4) is 5.75 Å². The number of amides is 4. The Bertz CT molecular complexity index is 1470. The van der Waals surface area contributed by atoms with Crippen LogP contribution in [0.25, 0.3) is 6.08 Å². The zero-order chi connectivity index (χ0) is 26.9. The summed E-state index contributed by atoms with van der Waals surface area (Å²) in [7, 11) is 0. The quantitative estimate of drug-likeness (QED) is 0.144. The van der Waals surface area contributed by atoms with Gasteiger partial charge in [0.2, 0.25) is 0 Å². The Morgan fingerprint density at radius 1 is 1.05 bits per heavy atom. The fraction of sp³-hybridized carbons (Fsp3) is 0.0800. The van der Waals surface area contributed by atoms with Crippen LogP contribution in [0.2, 0.25) is 5.02 Å². The Morgan fingerprint density at radius 2 is 1.70 bits per heavy atom. The first-order valence-electron chi connectivity index (χ1n) is 10.6. The van der Waals surface area contributed by atoms with Crippen molar-refractivity contribution < 1.29 is 24.0 Å². The van der Waals surface area contributed by atoms with E-state index < -0.39 is 22.8 Å². The highest BCUT2D eigenvalue weighted by molar-refractivity contribution is 9.11. The molecule has 37 heavy (non-hydrogen) atoms. The molecular weight excluding hydrogens is 634 g/mol. The molecule has 0 bridgehead atoms. The lowest BCUT2D eigenvalue weighted by Gasteiger charge is -2.27. The third kappa shape index (κ3) is 5.74. The standard InChI is InChI=1S/C25H16Br2ClN3O6/c1-13-2-5-16(28)11-21(13)30-24(33)18(23(32)29-25(30)34)8-15-9-19(26)22(20(27)10-15)37-12-14-3-6-17(7-4-14)31(35)36/h2-11H,12H2,1H3,(H,29,32,34)/b18-8+. The fourth-order valence-electron chi connectivity index (χ4n) is 3.54. The van der Waals surface area contributed by atoms with Crippen LogP contribution in [0.15, 0.2) is 69.1 Å². The maximum Gasteiger partial charge on any atom is 0.335 e. The molecule has 12 heteroatoms. The van der Waals surface area contributed by atoms with Gasteiger partial charge in [0.25, 0.3) is 17.5 Å². The Balaban J connectivity index is 1.59. The lowest BCUT2D eigenvalue weighted by molar-refractivity contribution is -0.384. The fourth-order valence-corrected chi connectivity index (χ4v) is 5.15. The molecule has 4 amide bonds. The normalized spacial score (nSPS) is 14.6. The van der Waals surface area contributed by atoms with Crippen molar-refractivity contribution in [2.45, 2.75) is 13.5 Å². The van der Waals surface area contributed by atoms with Crippen molar-refractivity contribution in [3.63, 3.8) is 0 Å². The topological polar surface area (TPSA) is 119 Å². The Kier molecular flexibility index (Phi) is 7.76. The van der Waals surface area contributed by atoms with Gasteiger partial charge in [0, 0.05) is 17.2 Å². The van der Waals surface area contributed by atoms with Crippen molar-refractivity contribution >= 4 is 78.8 Å². The summed E-state index contributed by atoms with van der Waals surface area (Å²) in [5, 5.41) is 13.3. The van der Waals surface area contributed by atoms with E-state index in [0.29, 0.717) is 30.8 Å². The number of nitrogens with zero attached hydrogens (tertiary/aromatic N) is 2. The average molecular weight is 650 g/mol. The highest BCUT2D eigenvalue weighted by atomic mass is 79.9. The van der Waals surface area contributed by atoms with Crippen LogP contribution in [0.4, 0.5) is 16.2 Å². The second-order valence-electron chi connectivity index (χ2n) is 7.91. The lowest BCUT2D eigenvalue weighted by atomic mass is 10.1. The first kappa shape index (κ1) is 26.5. The minimum absolute atomic E-state index is 0.0180. The second kappa shape index (κ2) is 10.8. The minimum Gasteiger partial charge on any atom is -0.487 e. The van der Waals surface area contributed by atoms with Gasteiger partial charge in [-0.25, -0.2) is 9.69 Å². The number of non-ortho nitro benzene ring substituents is 1. The van der Waals surface area contributed by atoms with Crippen LogP contribution in [-0.2, 0) is 16.2 Å². The van der Waals surface area contributed by atoms with Crippen LogP contribution in [-0.4, -0.2) is 22.8 Å². The monoisotopic (exact) mass is 647 g/mol. The highest BCUT2D eigenvalue weighted by Gasteiger charge is 2.37. The summed E-state index contributed by atoms with van der Waals surface area (Å²) in [4.78, 5) is 49.5. The smallest absolute Gasteiger partial charge is 0.335 e. The van der Waals surface area contributed by atoms with Crippen molar-refractivity contribution in [1.29, 1.82) is 0 Å². The molecular formula is C25H16Br2ClN3O6. The van der Waals surface area contributed by atoms with E-state index in [4.69, 9.17) is 16.3 Å². The van der Waals surface area contributed by atoms with Crippen LogP contribution in [0.3, 0.4) is 0 Å². The Labute approximate surface area is 232 Å². The van der Waals surface area contributed by atoms with Gasteiger partial charge < -0.3 is 4.74 Å². The molecule has 188 valence electrons. The molecule has 1 fully saturated rings. The molecule has 0 aliphatic carbocycles. The summed E-state index contributed by atoms with van der Waals surface area (Å²) >= 11 is 12.9. The predicted octanol–water partition coefficient (Wildman–Crippen LogP) is 6.33. The molecule has 3 aromatic rings. The Hall–Kier alpha value is -3.54. The van der Waals surface area contributed by atoms with Crippen molar-refractivity contribution in [2.24, 2.45) is 0 Å². The summed E-state index contributed by atoms with van der Waals surface area (Å²) in [6.45, 7) is 1.86. The number of nitro benzene ring substituents is 1. The van der Waals surface area contributed by atoms with E-state index in [2.05, 4.69) is 37.2 Å². The number of hydrogen-bond donors (Lipinski definition) is 1. The van der Waals surface area contributed by atoms with E-state index in [-0.39, 0.29) is 23.6 Å². The van der Waals surface area contributed by atoms with Gasteiger partial charge in [-0.1, -0.05) is 17.7 Å². The highest BCUT2D eigenvalue weighted by Crippen LogP contribution is 2.36. The van der Waals surface area contributed by atoms with E-state index in [1.807, 2.05) is 0 Å². The molecule has 0 saturated carbocycles. The largest absolute Gasteiger partial charge is 0.487 e. The maximum atomic E-state index is 13.2. The first-order chi connectivity index (χ1) is 17.5. The Morgan fingerprint density at radius 3 is 2.32 bits per heavy atom. The molecule has 1 saturated heterocycles. The maximum absolute atomic E-state index is 13.2. The van der Waals surface area contributed by atoms with Crippen LogP contribution in [0, 0.1) is 17.0 Å². The van der Waals surface area contributed by atoms with Gasteiger partial charge in [-0.3, -0.25) is 25.0 Å². The molecule has 1 aliphatic heterocycles. The average Bonchev–Trinajstić information content (AvgIpc) is 2.83. The molecule has 1 aliphatic rings. The molecule has 0 atom stereocenters. The number of urea groups is 1. The number of barbiturate groups is 1. The molecule has 0 unspecified atom stereocenters. The SMILES string of the molecule is Cc1ccc(Cl)cc1N1C(=O)NC(=O)/C(=C\c2cc(Br)c(OCc3ccc([N+](=O)[O-])cc3)c(Br)c2)C1=O. The first-order valence-corrected chi connectivity index (χ1v) is 12.5. The van der Waals surface area contributed by atoms with E-state index in [0.717, 1.165) is 10.5 Å². The van der Waals surface area contributed by atoms with E-state index in [1.54, 1.807) is 43.3 Å². The number of imide groups is 2. The molecule has 0 spiro atoms. The van der Waals surface area contributed by atoms with Gasteiger partial charge in [0.05, 0.1) is 19.6 Å². The lowest BCUT2D eigenvalue weighted by Crippen LogP contribution is -2.54. The molecule has 4 rings (SSSR count). The predicted molar refractivity (Wildman–Crippen MR) is 144 cm³/mol. The van der Waals surface area contributed by atoms with Gasteiger partial charge in [-0.2, -0.15) is 0 Å². The van der Waals surface area contributed by atoms with E-state index >= 15 is 0 Å². The van der Waals surface area contributed by atoms with Crippen LogP contribution in [0.1, 0.15) is 16.7 Å². The van der Waals surface area contributed by atoms with Crippen LogP contribution in [0.5, 0.6) is 5.75 Å². The third-order valence-electron chi connectivity index (χ3n) is 5.38. The zero-order valence-electron chi connectivity index (χ0n) is 19.0. The summed E-state index contributed by atoms with van der Waals surface area (Å²) in [6, 6.07) is 13.2. The van der Waals surface area contributed by atoms with Crippen LogP contribution >= 0.6 is 43.5 Å². The zero-order valence-corrected chi connectivity index (χ0v) is 22.9. The molecule has 9 nitrogen and oxygen atoms in total. The number of benzene rings is 3. The van der Waals surface area contributed by atoms with Crippen molar-refractivity contribution in [1.82, 2.24) is 5.32 Å². The number of nitrogens with one attached hydrogen (secondary N) is 1. The van der Waals surface area contributed by atoms with Crippen LogP contribution < -0.4 is 15.0 Å². The molecule has 3 aromatic carbocycles. The summed E-state index contributed by atoms with van der Waals surface area (Å²) < 4.78 is 6.91. The molecule has 0 radical (unpaired) electrons. The summed E-state index contributed by atoms with van der Waals surface area (Å²) in [6.07, 6.45) is 1.37. The number of carbonyl (C=O) groups excluding carboxylic acids is 3. The summed E-state index contributed by atoms with van der Waals surface area (Å²) in [5.41, 5.74) is 1.85. The van der Waals surface area contributed by atoms with E-state index in [9.17, 15) is 24.5 Å². The number of ether oxygens (including phenoxy) is 1. The van der Waals surface area contributed by atoms with Gasteiger partial charge in [0.1, 0.15) is 17.9 Å². The van der Waals surface area contributed by atoms with Gasteiger partial charge in [-0.05, 0) is 97.9 Å². The minimum atomic E-state index is -0.866. The number of nitro groups is 1. The number of aryl methyl sites for hydroxylation is 1. The second-order valence-corrected chi connectivity index (χ2v) is 10.1. The van der Waals surface area contributed by atoms with Gasteiger partial charge in [-0.15, -0.1) is 0 Å².